The highest BCUT2D eigenvalue weighted by Crippen LogP contribution is 2.37. The van der Waals surface area contributed by atoms with E-state index in [1.54, 1.807) is 0 Å². The standard InChI is InChI=1S/C23H21ClN2O/c1-15-8-7-9-16(2)21(15)25-22-18-11-4-5-12-19(18)23(27)26(22)14-17-10-3-6-13-20(17)24/h3-13,22,25H,14H2,1-2H3/t22-/m0/s1. The van der Waals surface area contributed by atoms with Crippen molar-refractivity contribution in [2.45, 2.75) is 26.6 Å². The van der Waals surface area contributed by atoms with Crippen LogP contribution in [0.3, 0.4) is 0 Å². The summed E-state index contributed by atoms with van der Waals surface area (Å²) in [5, 5.41) is 4.29. The highest BCUT2D eigenvalue weighted by atomic mass is 35.5. The van der Waals surface area contributed by atoms with E-state index in [1.165, 1.54) is 0 Å². The van der Waals surface area contributed by atoms with Crippen LogP contribution in [-0.4, -0.2) is 10.8 Å². The first-order chi connectivity index (χ1) is 13.1. The van der Waals surface area contributed by atoms with Gasteiger partial charge in [-0.2, -0.15) is 0 Å². The molecule has 136 valence electrons. The first-order valence-electron chi connectivity index (χ1n) is 9.02. The van der Waals surface area contributed by atoms with Gasteiger partial charge in [0.2, 0.25) is 0 Å². The van der Waals surface area contributed by atoms with Crippen molar-refractivity contribution < 1.29 is 4.79 Å². The van der Waals surface area contributed by atoms with Gasteiger partial charge in [-0.15, -0.1) is 0 Å². The molecule has 4 heteroatoms. The van der Waals surface area contributed by atoms with Gasteiger partial charge in [0.05, 0.1) is 0 Å². The van der Waals surface area contributed by atoms with Crippen LogP contribution in [0.5, 0.6) is 0 Å². The number of anilines is 1. The summed E-state index contributed by atoms with van der Waals surface area (Å²) in [6, 6.07) is 21.7. The lowest BCUT2D eigenvalue weighted by atomic mass is 10.1. The minimum Gasteiger partial charge on any atom is -0.361 e. The molecule has 1 heterocycles. The summed E-state index contributed by atoms with van der Waals surface area (Å²) in [4.78, 5) is 15.0. The highest BCUT2D eigenvalue weighted by molar-refractivity contribution is 6.31. The third-order valence-electron chi connectivity index (χ3n) is 5.12. The zero-order chi connectivity index (χ0) is 19.0. The fourth-order valence-corrected chi connectivity index (χ4v) is 3.87. The Hall–Kier alpha value is -2.78. The largest absolute Gasteiger partial charge is 0.361 e. The van der Waals surface area contributed by atoms with Crippen molar-refractivity contribution in [1.82, 2.24) is 4.90 Å². The maximum Gasteiger partial charge on any atom is 0.256 e. The van der Waals surface area contributed by atoms with Gasteiger partial charge in [-0.25, -0.2) is 0 Å². The molecule has 0 aliphatic carbocycles. The average Bonchev–Trinajstić information content (AvgIpc) is 2.92. The summed E-state index contributed by atoms with van der Waals surface area (Å²) in [5.41, 5.74) is 6.06. The molecule has 27 heavy (non-hydrogen) atoms. The second-order valence-corrected chi connectivity index (χ2v) is 7.33. The van der Waals surface area contributed by atoms with Crippen molar-refractivity contribution in [3.05, 3.63) is 99.6 Å². The third-order valence-corrected chi connectivity index (χ3v) is 5.49. The number of aryl methyl sites for hydroxylation is 2. The van der Waals surface area contributed by atoms with Crippen LogP contribution in [0.2, 0.25) is 5.02 Å². The predicted molar refractivity (Wildman–Crippen MR) is 110 cm³/mol. The summed E-state index contributed by atoms with van der Waals surface area (Å²) >= 11 is 6.36. The van der Waals surface area contributed by atoms with Gasteiger partial charge in [0.25, 0.3) is 5.91 Å². The number of fused-ring (bicyclic) bond motifs is 1. The number of benzene rings is 3. The topological polar surface area (TPSA) is 32.3 Å². The molecule has 0 bridgehead atoms. The summed E-state index contributed by atoms with van der Waals surface area (Å²) < 4.78 is 0. The second kappa shape index (κ2) is 7.09. The van der Waals surface area contributed by atoms with Gasteiger partial charge >= 0.3 is 0 Å². The number of hydrogen-bond donors (Lipinski definition) is 1. The fraction of sp³-hybridized carbons (Fsp3) is 0.174. The predicted octanol–water partition coefficient (Wildman–Crippen LogP) is 5.72. The van der Waals surface area contributed by atoms with Gasteiger partial charge in [-0.05, 0) is 42.7 Å². The van der Waals surface area contributed by atoms with Crippen LogP contribution in [-0.2, 0) is 6.54 Å². The van der Waals surface area contributed by atoms with Crippen molar-refractivity contribution >= 4 is 23.2 Å². The minimum atomic E-state index is -0.232. The Morgan fingerprint density at radius 2 is 1.59 bits per heavy atom. The molecule has 3 aromatic carbocycles. The van der Waals surface area contributed by atoms with Gasteiger partial charge in [-0.1, -0.05) is 66.2 Å². The Morgan fingerprint density at radius 3 is 2.33 bits per heavy atom. The Bertz CT molecular complexity index is 995. The SMILES string of the molecule is Cc1cccc(C)c1N[C@@H]1c2ccccc2C(=O)N1Cc1ccccc1Cl. The number of hydrogen-bond acceptors (Lipinski definition) is 2. The molecule has 0 unspecified atom stereocenters. The van der Waals surface area contributed by atoms with E-state index in [-0.39, 0.29) is 12.1 Å². The van der Waals surface area contributed by atoms with E-state index in [0.717, 1.165) is 33.5 Å². The molecule has 3 nitrogen and oxygen atoms in total. The first-order valence-corrected chi connectivity index (χ1v) is 9.40. The number of halogens is 1. The molecule has 1 aliphatic rings. The number of rotatable bonds is 4. The number of para-hydroxylation sites is 1. The van der Waals surface area contributed by atoms with Crippen LogP contribution in [0.15, 0.2) is 66.7 Å². The number of amides is 1. The minimum absolute atomic E-state index is 0.0225. The molecule has 3 aromatic rings. The lowest BCUT2D eigenvalue weighted by Crippen LogP contribution is -2.32. The van der Waals surface area contributed by atoms with Gasteiger partial charge < -0.3 is 10.2 Å². The van der Waals surface area contributed by atoms with E-state index in [1.807, 2.05) is 59.5 Å². The van der Waals surface area contributed by atoms with E-state index in [9.17, 15) is 4.79 Å². The van der Waals surface area contributed by atoms with Crippen molar-refractivity contribution in [3.63, 3.8) is 0 Å². The Kier molecular flexibility index (Phi) is 4.63. The summed E-state index contributed by atoms with van der Waals surface area (Å²) in [6.07, 6.45) is -0.232. The second-order valence-electron chi connectivity index (χ2n) is 6.93. The Balaban J connectivity index is 1.75. The molecule has 1 amide bonds. The molecule has 1 aliphatic heterocycles. The van der Waals surface area contributed by atoms with Crippen molar-refractivity contribution in [2.24, 2.45) is 0 Å². The molecule has 4 rings (SSSR count). The monoisotopic (exact) mass is 376 g/mol. The zero-order valence-corrected chi connectivity index (χ0v) is 16.1. The van der Waals surface area contributed by atoms with Crippen molar-refractivity contribution in [2.75, 3.05) is 5.32 Å². The van der Waals surface area contributed by atoms with Crippen molar-refractivity contribution in [3.8, 4) is 0 Å². The number of nitrogens with one attached hydrogen (secondary N) is 1. The Labute approximate surface area is 164 Å². The first kappa shape index (κ1) is 17.6. The summed E-state index contributed by atoms with van der Waals surface area (Å²) in [6.45, 7) is 4.61. The van der Waals surface area contributed by atoms with Gasteiger partial charge in [0.1, 0.15) is 6.17 Å². The van der Waals surface area contributed by atoms with Crippen LogP contribution in [0.4, 0.5) is 5.69 Å². The van der Waals surface area contributed by atoms with E-state index in [0.29, 0.717) is 11.6 Å². The molecule has 1 N–H and O–H groups in total. The van der Waals surface area contributed by atoms with Gasteiger partial charge in [-0.3, -0.25) is 4.79 Å². The lowest BCUT2D eigenvalue weighted by molar-refractivity contribution is 0.0728. The number of carbonyl (C=O) groups excluding carboxylic acids is 1. The molecule has 0 aromatic heterocycles. The van der Waals surface area contributed by atoms with Gasteiger partial charge in [0.15, 0.2) is 0 Å². The van der Waals surface area contributed by atoms with E-state index >= 15 is 0 Å². The highest BCUT2D eigenvalue weighted by Gasteiger charge is 2.37. The molecular weight excluding hydrogens is 356 g/mol. The molecule has 0 radical (unpaired) electrons. The normalized spacial score (nSPS) is 15.7. The zero-order valence-electron chi connectivity index (χ0n) is 15.4. The van der Waals surface area contributed by atoms with Crippen molar-refractivity contribution in [1.29, 1.82) is 0 Å². The molecule has 0 saturated carbocycles. The van der Waals surface area contributed by atoms with Crippen LogP contribution in [0.25, 0.3) is 0 Å². The lowest BCUT2D eigenvalue weighted by Gasteiger charge is -2.29. The van der Waals surface area contributed by atoms with Crippen LogP contribution in [0.1, 0.15) is 38.8 Å². The number of nitrogens with zero attached hydrogens (tertiary/aromatic N) is 1. The molecule has 0 saturated heterocycles. The molecule has 0 spiro atoms. The molecule has 0 fully saturated rings. The van der Waals surface area contributed by atoms with Gasteiger partial charge in [0, 0.05) is 28.4 Å². The maximum absolute atomic E-state index is 13.1. The Morgan fingerprint density at radius 1 is 0.926 bits per heavy atom. The van der Waals surface area contributed by atoms with Crippen LogP contribution < -0.4 is 5.32 Å². The van der Waals surface area contributed by atoms with E-state index < -0.39 is 0 Å². The summed E-state index contributed by atoms with van der Waals surface area (Å²) in [7, 11) is 0. The number of carbonyl (C=O) groups is 1. The molecular formula is C23H21ClN2O. The van der Waals surface area contributed by atoms with E-state index in [2.05, 4.69) is 31.3 Å². The fourth-order valence-electron chi connectivity index (χ4n) is 3.68. The summed E-state index contributed by atoms with van der Waals surface area (Å²) in [5.74, 6) is 0.0225. The van der Waals surface area contributed by atoms with Crippen LogP contribution >= 0.6 is 11.6 Å². The third kappa shape index (κ3) is 3.19. The van der Waals surface area contributed by atoms with E-state index in [4.69, 9.17) is 11.6 Å². The molecule has 1 atom stereocenters. The smallest absolute Gasteiger partial charge is 0.256 e. The van der Waals surface area contributed by atoms with Crippen LogP contribution in [0, 0.1) is 13.8 Å². The maximum atomic E-state index is 13.1. The average molecular weight is 377 g/mol. The quantitative estimate of drug-likeness (QED) is 0.631.